The quantitative estimate of drug-likeness (QED) is 0.697. The first-order valence-electron chi connectivity index (χ1n) is 4.41. The van der Waals surface area contributed by atoms with E-state index in [9.17, 15) is 4.39 Å². The summed E-state index contributed by atoms with van der Waals surface area (Å²) < 4.78 is 17.5. The van der Waals surface area contributed by atoms with E-state index in [-0.39, 0.29) is 0 Å². The molecule has 0 aliphatic carbocycles. The molecule has 0 amide bonds. The van der Waals surface area contributed by atoms with Crippen LogP contribution in [0.1, 0.15) is 30.9 Å². The van der Waals surface area contributed by atoms with Gasteiger partial charge in [0.05, 0.1) is 7.11 Å². The van der Waals surface area contributed by atoms with Gasteiger partial charge in [0, 0.05) is 0 Å². The van der Waals surface area contributed by atoms with Crippen LogP contribution in [0.2, 0.25) is 0 Å². The van der Waals surface area contributed by atoms with Gasteiger partial charge in [0.1, 0.15) is 12.4 Å². The molecular formula is C11H15FO. The van der Waals surface area contributed by atoms with Gasteiger partial charge in [0.2, 0.25) is 0 Å². The molecule has 0 fully saturated rings. The summed E-state index contributed by atoms with van der Waals surface area (Å²) in [6, 6.07) is 5.44. The fourth-order valence-electron chi connectivity index (χ4n) is 1.32. The number of hydrogen-bond acceptors (Lipinski definition) is 1. The van der Waals surface area contributed by atoms with Crippen molar-refractivity contribution in [2.45, 2.75) is 26.4 Å². The first-order valence-corrected chi connectivity index (χ1v) is 4.41. The van der Waals surface area contributed by atoms with E-state index in [0.717, 1.165) is 11.3 Å². The summed E-state index contributed by atoms with van der Waals surface area (Å²) in [4.78, 5) is 0. The molecule has 0 atom stereocenters. The molecule has 2 heteroatoms. The minimum absolute atomic E-state index is 0.362. The zero-order valence-electron chi connectivity index (χ0n) is 8.30. The third-order valence-corrected chi connectivity index (χ3v) is 2.07. The highest BCUT2D eigenvalue weighted by Gasteiger charge is 2.07. The summed E-state index contributed by atoms with van der Waals surface area (Å²) in [6.45, 7) is 3.73. The molecule has 0 heterocycles. The Balaban J connectivity index is 3.10. The number of halogens is 1. The number of rotatable bonds is 3. The van der Waals surface area contributed by atoms with Crippen molar-refractivity contribution in [3.05, 3.63) is 29.3 Å². The molecule has 0 spiro atoms. The lowest BCUT2D eigenvalue weighted by Crippen LogP contribution is -1.95. The molecule has 0 saturated carbocycles. The van der Waals surface area contributed by atoms with Crippen LogP contribution >= 0.6 is 0 Å². The Bertz CT molecular complexity index is 281. The van der Waals surface area contributed by atoms with Crippen LogP contribution in [-0.2, 0) is 6.67 Å². The summed E-state index contributed by atoms with van der Waals surface area (Å²) in [5, 5.41) is 0. The fourth-order valence-corrected chi connectivity index (χ4v) is 1.32. The first kappa shape index (κ1) is 10.0. The van der Waals surface area contributed by atoms with Gasteiger partial charge in [-0.25, -0.2) is 4.39 Å². The Morgan fingerprint density at radius 2 is 2.08 bits per heavy atom. The van der Waals surface area contributed by atoms with E-state index >= 15 is 0 Å². The molecule has 0 radical (unpaired) electrons. The predicted octanol–water partition coefficient (Wildman–Crippen LogP) is 3.29. The molecule has 13 heavy (non-hydrogen) atoms. The van der Waals surface area contributed by atoms with Gasteiger partial charge in [-0.05, 0) is 29.2 Å². The minimum Gasteiger partial charge on any atom is -0.496 e. The second-order valence-electron chi connectivity index (χ2n) is 3.36. The van der Waals surface area contributed by atoms with E-state index in [0.29, 0.717) is 11.5 Å². The standard InChI is InChI=1S/C11H15FO/c1-8(2)10-6-9(7-12)4-5-11(10)13-3/h4-6,8H,7H2,1-3H3. The molecule has 1 nitrogen and oxygen atoms in total. The maximum absolute atomic E-state index is 12.4. The molecule has 0 aromatic heterocycles. The fraction of sp³-hybridized carbons (Fsp3) is 0.455. The first-order chi connectivity index (χ1) is 6.19. The van der Waals surface area contributed by atoms with Crippen molar-refractivity contribution in [1.82, 2.24) is 0 Å². The lowest BCUT2D eigenvalue weighted by Gasteiger charge is -2.12. The Kier molecular flexibility index (Phi) is 3.29. The zero-order chi connectivity index (χ0) is 9.84. The molecule has 0 saturated heterocycles. The smallest absolute Gasteiger partial charge is 0.122 e. The lowest BCUT2D eigenvalue weighted by atomic mass is 10.00. The van der Waals surface area contributed by atoms with Crippen molar-refractivity contribution in [2.24, 2.45) is 0 Å². The van der Waals surface area contributed by atoms with Crippen LogP contribution in [-0.4, -0.2) is 7.11 Å². The highest BCUT2D eigenvalue weighted by Crippen LogP contribution is 2.27. The summed E-state index contributed by atoms with van der Waals surface area (Å²) in [5.74, 6) is 1.20. The Morgan fingerprint density at radius 3 is 2.54 bits per heavy atom. The van der Waals surface area contributed by atoms with Crippen molar-refractivity contribution >= 4 is 0 Å². The van der Waals surface area contributed by atoms with E-state index < -0.39 is 6.67 Å². The monoisotopic (exact) mass is 182 g/mol. The van der Waals surface area contributed by atoms with E-state index in [1.165, 1.54) is 0 Å². The predicted molar refractivity (Wildman–Crippen MR) is 51.9 cm³/mol. The second kappa shape index (κ2) is 4.26. The second-order valence-corrected chi connectivity index (χ2v) is 3.36. The van der Waals surface area contributed by atoms with Crippen LogP contribution in [0.25, 0.3) is 0 Å². The number of benzene rings is 1. The van der Waals surface area contributed by atoms with Crippen LogP contribution in [0.5, 0.6) is 5.75 Å². The van der Waals surface area contributed by atoms with Crippen LogP contribution in [0.4, 0.5) is 4.39 Å². The van der Waals surface area contributed by atoms with Gasteiger partial charge in [0.25, 0.3) is 0 Å². The van der Waals surface area contributed by atoms with Crippen LogP contribution < -0.4 is 4.74 Å². The summed E-state index contributed by atoms with van der Waals surface area (Å²) >= 11 is 0. The summed E-state index contributed by atoms with van der Waals surface area (Å²) in [6.07, 6.45) is 0. The maximum Gasteiger partial charge on any atom is 0.122 e. The molecule has 0 aliphatic heterocycles. The molecule has 0 unspecified atom stereocenters. The molecule has 0 bridgehead atoms. The highest BCUT2D eigenvalue weighted by molar-refractivity contribution is 5.39. The van der Waals surface area contributed by atoms with Gasteiger partial charge < -0.3 is 4.74 Å². The number of hydrogen-bond donors (Lipinski definition) is 0. The zero-order valence-corrected chi connectivity index (χ0v) is 8.30. The average Bonchev–Trinajstić information content (AvgIpc) is 2.16. The molecule has 72 valence electrons. The van der Waals surface area contributed by atoms with Crippen LogP contribution in [0.15, 0.2) is 18.2 Å². The molecule has 1 aromatic carbocycles. The van der Waals surface area contributed by atoms with Crippen LogP contribution in [0, 0.1) is 0 Å². The number of ether oxygens (including phenoxy) is 1. The van der Waals surface area contributed by atoms with Gasteiger partial charge in [-0.1, -0.05) is 19.9 Å². The van der Waals surface area contributed by atoms with Crippen LogP contribution in [0.3, 0.4) is 0 Å². The molecule has 1 aromatic rings. The SMILES string of the molecule is COc1ccc(CF)cc1C(C)C. The average molecular weight is 182 g/mol. The van der Waals surface area contributed by atoms with E-state index in [1.54, 1.807) is 13.2 Å². The van der Waals surface area contributed by atoms with Crippen molar-refractivity contribution in [1.29, 1.82) is 0 Å². The summed E-state index contributed by atoms with van der Waals surface area (Å²) in [5.41, 5.74) is 1.78. The van der Waals surface area contributed by atoms with Gasteiger partial charge in [0.15, 0.2) is 0 Å². The molecule has 0 aliphatic rings. The molecule has 1 rings (SSSR count). The van der Waals surface area contributed by atoms with Gasteiger partial charge in [-0.3, -0.25) is 0 Å². The van der Waals surface area contributed by atoms with E-state index in [2.05, 4.69) is 13.8 Å². The normalized spacial score (nSPS) is 10.5. The number of alkyl halides is 1. The Morgan fingerprint density at radius 1 is 1.38 bits per heavy atom. The third kappa shape index (κ3) is 2.20. The maximum atomic E-state index is 12.4. The Hall–Kier alpha value is -1.05. The Labute approximate surface area is 78.5 Å². The van der Waals surface area contributed by atoms with Gasteiger partial charge in [-0.15, -0.1) is 0 Å². The van der Waals surface area contributed by atoms with Gasteiger partial charge >= 0.3 is 0 Å². The third-order valence-electron chi connectivity index (χ3n) is 2.07. The summed E-state index contributed by atoms with van der Waals surface area (Å²) in [7, 11) is 1.64. The minimum atomic E-state index is -0.413. The number of methoxy groups -OCH3 is 1. The molecule has 0 N–H and O–H groups in total. The van der Waals surface area contributed by atoms with E-state index in [4.69, 9.17) is 4.74 Å². The van der Waals surface area contributed by atoms with E-state index in [1.807, 2.05) is 12.1 Å². The van der Waals surface area contributed by atoms with Gasteiger partial charge in [-0.2, -0.15) is 0 Å². The lowest BCUT2D eigenvalue weighted by molar-refractivity contribution is 0.406. The largest absolute Gasteiger partial charge is 0.496 e. The van der Waals surface area contributed by atoms with Crippen molar-refractivity contribution in [3.63, 3.8) is 0 Å². The topological polar surface area (TPSA) is 9.23 Å². The molecular weight excluding hydrogens is 167 g/mol. The highest BCUT2D eigenvalue weighted by atomic mass is 19.1. The van der Waals surface area contributed by atoms with Crippen molar-refractivity contribution in [2.75, 3.05) is 7.11 Å². The van der Waals surface area contributed by atoms with Crippen molar-refractivity contribution < 1.29 is 9.13 Å². The van der Waals surface area contributed by atoms with Crippen molar-refractivity contribution in [3.8, 4) is 5.75 Å².